The van der Waals surface area contributed by atoms with Gasteiger partial charge in [-0.05, 0) is 6.92 Å². The van der Waals surface area contributed by atoms with Crippen molar-refractivity contribution in [2.24, 2.45) is 0 Å². The highest BCUT2D eigenvalue weighted by molar-refractivity contribution is 5.80. The lowest BCUT2D eigenvalue weighted by atomic mass is 9.99. The van der Waals surface area contributed by atoms with Crippen molar-refractivity contribution < 1.29 is 18.3 Å². The summed E-state index contributed by atoms with van der Waals surface area (Å²) in [7, 11) is 1.19. The molecule has 1 aliphatic heterocycles. The number of hydrogen-bond acceptors (Lipinski definition) is 3. The van der Waals surface area contributed by atoms with Gasteiger partial charge in [0, 0.05) is 6.42 Å². The molecule has 3 nitrogen and oxygen atoms in total. The van der Waals surface area contributed by atoms with Crippen LogP contribution in [0.15, 0.2) is 0 Å². The molecule has 1 atom stereocenters. The Balaban J connectivity index is 2.71. The van der Waals surface area contributed by atoms with Gasteiger partial charge in [-0.25, -0.2) is 8.78 Å². The average molecular weight is 179 g/mol. The van der Waals surface area contributed by atoms with E-state index in [2.05, 4.69) is 10.1 Å². The minimum Gasteiger partial charge on any atom is -0.468 e. The number of halogens is 2. The van der Waals surface area contributed by atoms with Gasteiger partial charge in [0.25, 0.3) is 5.92 Å². The molecule has 5 heteroatoms. The molecule has 0 aromatic rings. The zero-order chi connectivity index (χ0) is 9.41. The smallest absolute Gasteiger partial charge is 0.326 e. The Labute approximate surface area is 69.1 Å². The summed E-state index contributed by atoms with van der Waals surface area (Å²) in [5.41, 5.74) is -1.22. The number of nitrogens with one attached hydrogen (secondary N) is 1. The molecule has 1 aliphatic rings. The van der Waals surface area contributed by atoms with Crippen LogP contribution in [-0.2, 0) is 9.53 Å². The van der Waals surface area contributed by atoms with Gasteiger partial charge in [-0.1, -0.05) is 0 Å². The number of ether oxygens (including phenoxy) is 1. The van der Waals surface area contributed by atoms with Crippen LogP contribution in [-0.4, -0.2) is 31.1 Å². The number of alkyl halides is 2. The topological polar surface area (TPSA) is 38.3 Å². The van der Waals surface area contributed by atoms with Crippen molar-refractivity contribution in [3.63, 3.8) is 0 Å². The second kappa shape index (κ2) is 2.65. The third kappa shape index (κ3) is 1.55. The van der Waals surface area contributed by atoms with Crippen LogP contribution in [0, 0.1) is 0 Å². The molecule has 1 heterocycles. The molecule has 0 saturated carbocycles. The lowest BCUT2D eigenvalue weighted by Gasteiger charge is -2.19. The van der Waals surface area contributed by atoms with Crippen LogP contribution in [0.25, 0.3) is 0 Å². The lowest BCUT2D eigenvalue weighted by molar-refractivity contribution is -0.148. The first-order chi connectivity index (χ1) is 5.40. The van der Waals surface area contributed by atoms with Gasteiger partial charge in [0.05, 0.1) is 13.7 Å². The van der Waals surface area contributed by atoms with Crippen molar-refractivity contribution >= 4 is 5.97 Å². The standard InChI is InChI=1S/C7H11F2NO2/c1-6(5(11)12-2)3-7(8,9)4-10-6/h10H,3-4H2,1-2H3. The van der Waals surface area contributed by atoms with E-state index in [1.54, 1.807) is 0 Å². The Bertz CT molecular complexity index is 208. The third-order valence-electron chi connectivity index (χ3n) is 1.99. The Kier molecular flexibility index (Phi) is 2.07. The van der Waals surface area contributed by atoms with Gasteiger partial charge in [-0.2, -0.15) is 0 Å². The maximum absolute atomic E-state index is 12.7. The molecular formula is C7H11F2NO2. The van der Waals surface area contributed by atoms with Crippen LogP contribution in [0.1, 0.15) is 13.3 Å². The lowest BCUT2D eigenvalue weighted by Crippen LogP contribution is -2.45. The van der Waals surface area contributed by atoms with Crippen LogP contribution in [0.3, 0.4) is 0 Å². The van der Waals surface area contributed by atoms with Crippen LogP contribution in [0.4, 0.5) is 8.78 Å². The van der Waals surface area contributed by atoms with E-state index in [9.17, 15) is 13.6 Å². The second-order valence-corrected chi connectivity index (χ2v) is 3.21. The number of rotatable bonds is 1. The maximum atomic E-state index is 12.7. The molecule has 0 spiro atoms. The molecule has 0 aliphatic carbocycles. The second-order valence-electron chi connectivity index (χ2n) is 3.21. The van der Waals surface area contributed by atoms with E-state index in [1.807, 2.05) is 0 Å². The van der Waals surface area contributed by atoms with E-state index in [1.165, 1.54) is 14.0 Å². The zero-order valence-corrected chi connectivity index (χ0v) is 6.99. The average Bonchev–Trinajstić information content (AvgIpc) is 2.25. The third-order valence-corrected chi connectivity index (χ3v) is 1.99. The van der Waals surface area contributed by atoms with Gasteiger partial charge in [-0.15, -0.1) is 0 Å². The van der Waals surface area contributed by atoms with Crippen LogP contribution >= 0.6 is 0 Å². The van der Waals surface area contributed by atoms with Gasteiger partial charge in [0.1, 0.15) is 5.54 Å². The largest absolute Gasteiger partial charge is 0.468 e. The van der Waals surface area contributed by atoms with E-state index in [0.29, 0.717) is 0 Å². The quantitative estimate of drug-likeness (QED) is 0.597. The summed E-state index contributed by atoms with van der Waals surface area (Å²) in [6.07, 6.45) is -0.493. The van der Waals surface area contributed by atoms with Crippen LogP contribution in [0.2, 0.25) is 0 Å². The minimum absolute atomic E-state index is 0.460. The summed E-state index contributed by atoms with van der Waals surface area (Å²) < 4.78 is 29.7. The Morgan fingerprint density at radius 2 is 2.17 bits per heavy atom. The first kappa shape index (κ1) is 9.38. The molecule has 0 aromatic heterocycles. The molecule has 1 rings (SSSR count). The van der Waals surface area contributed by atoms with Crippen LogP contribution in [0.5, 0.6) is 0 Å². The number of hydrogen-bond donors (Lipinski definition) is 1. The minimum atomic E-state index is -2.80. The summed E-state index contributed by atoms with van der Waals surface area (Å²) in [6, 6.07) is 0. The Hall–Kier alpha value is -0.710. The highest BCUT2D eigenvalue weighted by atomic mass is 19.3. The van der Waals surface area contributed by atoms with E-state index >= 15 is 0 Å². The molecule has 0 radical (unpaired) electrons. The fourth-order valence-corrected chi connectivity index (χ4v) is 1.34. The van der Waals surface area contributed by atoms with E-state index in [4.69, 9.17) is 0 Å². The molecule has 0 aromatic carbocycles. The Morgan fingerprint density at radius 1 is 1.58 bits per heavy atom. The van der Waals surface area contributed by atoms with Gasteiger partial charge in [0.15, 0.2) is 0 Å². The predicted molar refractivity (Wildman–Crippen MR) is 38.0 cm³/mol. The summed E-state index contributed by atoms with van der Waals surface area (Å²) in [4.78, 5) is 11.0. The van der Waals surface area contributed by atoms with E-state index < -0.39 is 30.4 Å². The molecule has 1 saturated heterocycles. The Morgan fingerprint density at radius 3 is 2.50 bits per heavy atom. The normalized spacial score (nSPS) is 33.3. The van der Waals surface area contributed by atoms with Gasteiger partial charge in [0.2, 0.25) is 0 Å². The van der Waals surface area contributed by atoms with Crippen molar-refractivity contribution in [1.82, 2.24) is 5.32 Å². The highest BCUT2D eigenvalue weighted by Gasteiger charge is 2.51. The van der Waals surface area contributed by atoms with Gasteiger partial charge >= 0.3 is 5.97 Å². The van der Waals surface area contributed by atoms with E-state index in [-0.39, 0.29) is 0 Å². The molecule has 70 valence electrons. The highest BCUT2D eigenvalue weighted by Crippen LogP contribution is 2.32. The number of methoxy groups -OCH3 is 1. The number of carbonyl (C=O) groups is 1. The number of carbonyl (C=O) groups excluding carboxylic acids is 1. The zero-order valence-electron chi connectivity index (χ0n) is 6.99. The van der Waals surface area contributed by atoms with E-state index in [0.717, 1.165) is 0 Å². The van der Waals surface area contributed by atoms with Crippen molar-refractivity contribution in [3.05, 3.63) is 0 Å². The summed E-state index contributed by atoms with van der Waals surface area (Å²) >= 11 is 0. The molecule has 1 fully saturated rings. The van der Waals surface area contributed by atoms with Gasteiger partial charge < -0.3 is 4.74 Å². The fraction of sp³-hybridized carbons (Fsp3) is 0.857. The van der Waals surface area contributed by atoms with Crippen molar-refractivity contribution in [2.75, 3.05) is 13.7 Å². The first-order valence-electron chi connectivity index (χ1n) is 3.61. The van der Waals surface area contributed by atoms with Crippen molar-refractivity contribution in [3.8, 4) is 0 Å². The first-order valence-corrected chi connectivity index (χ1v) is 3.61. The molecule has 12 heavy (non-hydrogen) atoms. The molecule has 0 amide bonds. The maximum Gasteiger partial charge on any atom is 0.326 e. The van der Waals surface area contributed by atoms with Crippen molar-refractivity contribution in [2.45, 2.75) is 24.8 Å². The van der Waals surface area contributed by atoms with Crippen molar-refractivity contribution in [1.29, 1.82) is 0 Å². The van der Waals surface area contributed by atoms with Gasteiger partial charge in [-0.3, -0.25) is 10.1 Å². The molecular weight excluding hydrogens is 168 g/mol. The summed E-state index contributed by atoms with van der Waals surface area (Å²) in [5, 5.41) is 2.45. The fourth-order valence-electron chi connectivity index (χ4n) is 1.34. The molecule has 0 bridgehead atoms. The summed E-state index contributed by atoms with van der Waals surface area (Å²) in [6.45, 7) is 0.957. The molecule has 1 unspecified atom stereocenters. The number of esters is 1. The van der Waals surface area contributed by atoms with Crippen LogP contribution < -0.4 is 5.32 Å². The summed E-state index contributed by atoms with van der Waals surface area (Å²) in [5.74, 6) is -3.44. The molecule has 1 N–H and O–H groups in total. The predicted octanol–water partition coefficient (Wildman–Crippen LogP) is 0.547. The SMILES string of the molecule is COC(=O)C1(C)CC(F)(F)CN1. The monoisotopic (exact) mass is 179 g/mol.